The van der Waals surface area contributed by atoms with Gasteiger partial charge < -0.3 is 14.9 Å². The number of pyridine rings is 1. The molecule has 0 amide bonds. The zero-order valence-electron chi connectivity index (χ0n) is 10.5. The molecule has 0 spiro atoms. The van der Waals surface area contributed by atoms with Crippen LogP contribution in [0.25, 0.3) is 0 Å². The third-order valence-corrected chi connectivity index (χ3v) is 2.37. The van der Waals surface area contributed by atoms with E-state index in [2.05, 4.69) is 4.98 Å². The number of nitrogens with two attached hydrogens (primary N) is 1. The van der Waals surface area contributed by atoms with Crippen molar-refractivity contribution in [1.82, 2.24) is 4.98 Å². The SMILES string of the molecule is NNc1nc(OCCOc2ccccc2)c(F)cc1F. The number of anilines is 1. The lowest BCUT2D eigenvalue weighted by molar-refractivity contribution is 0.205. The van der Waals surface area contributed by atoms with Gasteiger partial charge in [0.05, 0.1) is 0 Å². The number of halogens is 2. The molecular formula is C13H13F2N3O2. The summed E-state index contributed by atoms with van der Waals surface area (Å²) in [5, 5.41) is 0. The number of aromatic nitrogens is 1. The second-order valence-electron chi connectivity index (χ2n) is 3.76. The van der Waals surface area contributed by atoms with Crippen LogP contribution in [0.2, 0.25) is 0 Å². The van der Waals surface area contributed by atoms with Crippen molar-refractivity contribution in [2.75, 3.05) is 18.6 Å². The molecule has 2 rings (SSSR count). The molecule has 0 atom stereocenters. The highest BCUT2D eigenvalue weighted by Gasteiger charge is 2.12. The highest BCUT2D eigenvalue weighted by Crippen LogP contribution is 2.20. The number of nitrogens with zero attached hydrogens (tertiary/aromatic N) is 1. The largest absolute Gasteiger partial charge is 0.490 e. The van der Waals surface area contributed by atoms with Crippen LogP contribution in [0.1, 0.15) is 0 Å². The number of hydrazine groups is 1. The highest BCUT2D eigenvalue weighted by atomic mass is 19.1. The van der Waals surface area contributed by atoms with Gasteiger partial charge in [0.25, 0.3) is 5.88 Å². The van der Waals surface area contributed by atoms with E-state index in [-0.39, 0.29) is 24.9 Å². The molecule has 20 heavy (non-hydrogen) atoms. The van der Waals surface area contributed by atoms with Crippen LogP contribution in [-0.4, -0.2) is 18.2 Å². The Morgan fingerprint density at radius 3 is 2.45 bits per heavy atom. The van der Waals surface area contributed by atoms with Crippen molar-refractivity contribution in [1.29, 1.82) is 0 Å². The van der Waals surface area contributed by atoms with Crippen molar-refractivity contribution in [3.8, 4) is 11.6 Å². The minimum absolute atomic E-state index is 0.0639. The summed E-state index contributed by atoms with van der Waals surface area (Å²) in [7, 11) is 0. The molecule has 106 valence electrons. The molecule has 1 aromatic carbocycles. The van der Waals surface area contributed by atoms with Gasteiger partial charge in [-0.05, 0) is 12.1 Å². The quantitative estimate of drug-likeness (QED) is 0.482. The van der Waals surface area contributed by atoms with Gasteiger partial charge >= 0.3 is 0 Å². The molecule has 0 aliphatic heterocycles. The van der Waals surface area contributed by atoms with E-state index < -0.39 is 11.6 Å². The molecule has 0 aliphatic rings. The molecule has 0 radical (unpaired) electrons. The smallest absolute Gasteiger partial charge is 0.252 e. The average Bonchev–Trinajstić information content (AvgIpc) is 2.46. The molecule has 0 fully saturated rings. The van der Waals surface area contributed by atoms with Crippen LogP contribution >= 0.6 is 0 Å². The van der Waals surface area contributed by atoms with Gasteiger partial charge in [0.15, 0.2) is 17.5 Å². The normalized spacial score (nSPS) is 10.2. The first-order valence-corrected chi connectivity index (χ1v) is 5.84. The van der Waals surface area contributed by atoms with Crippen LogP contribution in [0.3, 0.4) is 0 Å². The maximum atomic E-state index is 13.4. The summed E-state index contributed by atoms with van der Waals surface area (Å²) >= 11 is 0. The van der Waals surface area contributed by atoms with Crippen LogP contribution in [0.4, 0.5) is 14.6 Å². The fourth-order valence-corrected chi connectivity index (χ4v) is 1.47. The van der Waals surface area contributed by atoms with E-state index in [0.29, 0.717) is 11.8 Å². The number of benzene rings is 1. The molecule has 0 aliphatic carbocycles. The molecule has 2 aromatic rings. The Kier molecular flexibility index (Phi) is 4.67. The van der Waals surface area contributed by atoms with E-state index in [9.17, 15) is 8.78 Å². The molecule has 0 bridgehead atoms. The maximum Gasteiger partial charge on any atom is 0.252 e. The minimum Gasteiger partial charge on any atom is -0.490 e. The number of rotatable bonds is 6. The number of nitrogens with one attached hydrogen (secondary N) is 1. The van der Waals surface area contributed by atoms with E-state index in [1.165, 1.54) is 0 Å². The predicted molar refractivity (Wildman–Crippen MR) is 69.4 cm³/mol. The molecule has 0 saturated carbocycles. The number of ether oxygens (including phenoxy) is 2. The van der Waals surface area contributed by atoms with Gasteiger partial charge in [-0.2, -0.15) is 4.98 Å². The first-order chi connectivity index (χ1) is 9.70. The van der Waals surface area contributed by atoms with Gasteiger partial charge in [-0.25, -0.2) is 14.6 Å². The van der Waals surface area contributed by atoms with Crippen molar-refractivity contribution >= 4 is 5.82 Å². The fourth-order valence-electron chi connectivity index (χ4n) is 1.47. The van der Waals surface area contributed by atoms with Gasteiger partial charge in [-0.1, -0.05) is 18.2 Å². The Bertz CT molecular complexity index is 567. The lowest BCUT2D eigenvalue weighted by Crippen LogP contribution is -2.14. The molecular weight excluding hydrogens is 268 g/mol. The van der Waals surface area contributed by atoms with E-state index in [4.69, 9.17) is 15.3 Å². The van der Waals surface area contributed by atoms with Gasteiger partial charge in [0.2, 0.25) is 0 Å². The highest BCUT2D eigenvalue weighted by molar-refractivity contribution is 5.38. The molecule has 5 nitrogen and oxygen atoms in total. The third kappa shape index (κ3) is 3.55. The van der Waals surface area contributed by atoms with Gasteiger partial charge in [-0.15, -0.1) is 0 Å². The van der Waals surface area contributed by atoms with Crippen molar-refractivity contribution in [3.63, 3.8) is 0 Å². The molecule has 3 N–H and O–H groups in total. The van der Waals surface area contributed by atoms with Gasteiger partial charge in [-0.3, -0.25) is 0 Å². The summed E-state index contributed by atoms with van der Waals surface area (Å²) in [6.45, 7) is 0.266. The standard InChI is InChI=1S/C13H13F2N3O2/c14-10-8-11(15)13(17-12(10)18-16)20-7-6-19-9-4-2-1-3-5-9/h1-5,8H,6-7,16H2,(H,17,18). The van der Waals surface area contributed by atoms with Crippen molar-refractivity contribution in [2.24, 2.45) is 5.84 Å². The monoisotopic (exact) mass is 281 g/mol. The number of para-hydroxylation sites is 1. The lowest BCUT2D eigenvalue weighted by Gasteiger charge is -2.09. The van der Waals surface area contributed by atoms with E-state index in [0.717, 1.165) is 0 Å². The van der Waals surface area contributed by atoms with Crippen LogP contribution in [0.15, 0.2) is 36.4 Å². The Morgan fingerprint density at radius 1 is 1.05 bits per heavy atom. The topological polar surface area (TPSA) is 69.4 Å². The Hall–Kier alpha value is -2.41. The van der Waals surface area contributed by atoms with Crippen LogP contribution < -0.4 is 20.7 Å². The molecule has 1 heterocycles. The lowest BCUT2D eigenvalue weighted by atomic mass is 10.3. The number of hydrogen-bond donors (Lipinski definition) is 2. The Morgan fingerprint density at radius 2 is 1.75 bits per heavy atom. The second kappa shape index (κ2) is 6.67. The van der Waals surface area contributed by atoms with Crippen molar-refractivity contribution in [2.45, 2.75) is 0 Å². The third-order valence-electron chi connectivity index (χ3n) is 2.37. The van der Waals surface area contributed by atoms with E-state index in [1.807, 2.05) is 23.6 Å². The summed E-state index contributed by atoms with van der Waals surface area (Å²) in [5.74, 6) is 3.30. The van der Waals surface area contributed by atoms with Gasteiger partial charge in [0, 0.05) is 6.07 Å². The average molecular weight is 281 g/mol. The summed E-state index contributed by atoms with van der Waals surface area (Å²) in [4.78, 5) is 3.57. The first-order valence-electron chi connectivity index (χ1n) is 5.84. The first kappa shape index (κ1) is 14.0. The molecule has 7 heteroatoms. The maximum absolute atomic E-state index is 13.4. The molecule has 1 aromatic heterocycles. The predicted octanol–water partition coefficient (Wildman–Crippen LogP) is 2.10. The number of hydrogen-bond acceptors (Lipinski definition) is 5. The summed E-state index contributed by atoms with van der Waals surface area (Å²) < 4.78 is 36.9. The van der Waals surface area contributed by atoms with Crippen molar-refractivity contribution in [3.05, 3.63) is 48.0 Å². The fraction of sp³-hybridized carbons (Fsp3) is 0.154. The van der Waals surface area contributed by atoms with Crippen LogP contribution in [-0.2, 0) is 0 Å². The van der Waals surface area contributed by atoms with Gasteiger partial charge in [0.1, 0.15) is 19.0 Å². The van der Waals surface area contributed by atoms with Crippen LogP contribution in [0, 0.1) is 11.6 Å². The Balaban J connectivity index is 1.88. The number of nitrogen functional groups attached to an aromatic ring is 1. The summed E-state index contributed by atoms with van der Waals surface area (Å²) in [6, 6.07) is 9.74. The van der Waals surface area contributed by atoms with Crippen LogP contribution in [0.5, 0.6) is 11.6 Å². The zero-order valence-corrected chi connectivity index (χ0v) is 10.5. The second-order valence-corrected chi connectivity index (χ2v) is 3.76. The molecule has 0 saturated heterocycles. The van der Waals surface area contributed by atoms with E-state index in [1.54, 1.807) is 12.1 Å². The van der Waals surface area contributed by atoms with E-state index >= 15 is 0 Å². The Labute approximate surface area is 114 Å². The summed E-state index contributed by atoms with van der Waals surface area (Å²) in [6.07, 6.45) is 0. The molecule has 0 unspecified atom stereocenters. The summed E-state index contributed by atoms with van der Waals surface area (Å²) in [5.41, 5.74) is 2.02. The zero-order chi connectivity index (χ0) is 14.4. The van der Waals surface area contributed by atoms with Crippen molar-refractivity contribution < 1.29 is 18.3 Å². The minimum atomic E-state index is -0.902.